The topological polar surface area (TPSA) is 173 Å². The molecule has 0 bridgehead atoms. The lowest BCUT2D eigenvalue weighted by Crippen LogP contribution is -2.65. The van der Waals surface area contributed by atoms with E-state index in [2.05, 4.69) is 142 Å². The highest BCUT2D eigenvalue weighted by atomic mass is 16.5. The number of allylic oxidation sites excluding steroid dienone is 4. The molecule has 2 heterocycles. The minimum atomic E-state index is -0.575. The molecule has 1 aromatic carbocycles. The zero-order chi connectivity index (χ0) is 56.6. The van der Waals surface area contributed by atoms with Crippen LogP contribution in [0.4, 0.5) is 11.6 Å². The Labute approximate surface area is 488 Å². The number of nitrogen functional groups attached to an aromatic ring is 2. The molecule has 7 N–H and O–H groups in total. The maximum atomic E-state index is 14.3. The van der Waals surface area contributed by atoms with Crippen molar-refractivity contribution in [3.63, 3.8) is 0 Å². The number of aromatic amines is 2. The van der Waals surface area contributed by atoms with Crippen LogP contribution in [0.5, 0.6) is 0 Å². The van der Waals surface area contributed by atoms with Crippen LogP contribution in [0.3, 0.4) is 0 Å². The number of fused-ring (bicyclic) bond motifs is 16. The van der Waals surface area contributed by atoms with Crippen LogP contribution in [-0.2, 0) is 44.6 Å². The van der Waals surface area contributed by atoms with Gasteiger partial charge in [-0.05, 0) is 200 Å². The lowest BCUT2D eigenvalue weighted by Gasteiger charge is -2.70. The van der Waals surface area contributed by atoms with Crippen molar-refractivity contribution in [2.45, 2.75) is 232 Å². The Morgan fingerprint density at radius 3 is 1.44 bits per heavy atom. The number of rotatable bonds is 4. The van der Waals surface area contributed by atoms with Crippen molar-refractivity contribution in [2.75, 3.05) is 11.5 Å². The molecule has 10 aliphatic rings. The van der Waals surface area contributed by atoms with Crippen molar-refractivity contribution in [2.24, 2.45) is 102 Å². The molecule has 2 aromatic heterocycles. The summed E-state index contributed by atoms with van der Waals surface area (Å²) < 4.78 is 6.22. The molecule has 10 heteroatoms. The van der Waals surface area contributed by atoms with E-state index >= 15 is 0 Å². The molecule has 18 atom stereocenters. The van der Waals surface area contributed by atoms with E-state index < -0.39 is 16.8 Å². The van der Waals surface area contributed by atoms with Gasteiger partial charge in [0.1, 0.15) is 18.2 Å². The Bertz CT molecular complexity index is 3000. The third kappa shape index (κ3) is 7.72. The Morgan fingerprint density at radius 2 is 1.00 bits per heavy atom. The number of nitrogens with one attached hydrogen (secondary N) is 2. The maximum absolute atomic E-state index is 14.3. The lowest BCUT2D eigenvalue weighted by atomic mass is 9.33. The lowest BCUT2D eigenvalue weighted by molar-refractivity contribution is -0.184. The quantitative estimate of drug-likeness (QED) is 0.127. The second-order valence-corrected chi connectivity index (χ2v) is 31.7. The second-order valence-electron chi connectivity index (χ2n) is 31.7. The molecule has 13 rings (SSSR count). The van der Waals surface area contributed by atoms with Crippen molar-refractivity contribution < 1.29 is 19.4 Å². The van der Waals surface area contributed by atoms with Gasteiger partial charge in [0.15, 0.2) is 0 Å². The Morgan fingerprint density at radius 1 is 0.580 bits per heavy atom. The molecule has 81 heavy (non-hydrogen) atoms. The number of hydrogen-bond acceptors (Lipinski definition) is 7. The fraction of sp³-hybridized carbons (Fsp3) is 0.746. The maximum Gasteiger partial charge on any atom is 0.313 e. The number of carbonyl (C=O) groups is 2. The zero-order valence-electron chi connectivity index (χ0n) is 51.1. The van der Waals surface area contributed by atoms with Crippen LogP contribution in [0.15, 0.2) is 53.6 Å². The van der Waals surface area contributed by atoms with E-state index in [4.69, 9.17) is 16.2 Å². The molecule has 0 radical (unpaired) electrons. The highest BCUT2D eigenvalue weighted by Gasteiger charge is 2.72. The molecular weight excluding hydrogens is 1000 g/mol. The Kier molecular flexibility index (Phi) is 14.3. The van der Waals surface area contributed by atoms with Crippen LogP contribution < -0.4 is 11.5 Å². The monoisotopic (exact) mass is 1110 g/mol. The Balaban J connectivity index is 0.000000180. The largest absolute Gasteiger partial charge is 0.481 e. The summed E-state index contributed by atoms with van der Waals surface area (Å²) in [6, 6.07) is 10.2. The first kappa shape index (κ1) is 59.8. The number of aromatic nitrogens is 4. The predicted molar refractivity (Wildman–Crippen MR) is 329 cm³/mol. The van der Waals surface area contributed by atoms with Gasteiger partial charge in [-0.3, -0.25) is 19.8 Å². The fourth-order valence-corrected chi connectivity index (χ4v) is 23.5. The van der Waals surface area contributed by atoms with Crippen LogP contribution in [0, 0.1) is 102 Å². The van der Waals surface area contributed by atoms with Gasteiger partial charge in [-0.2, -0.15) is 10.2 Å². The van der Waals surface area contributed by atoms with E-state index in [-0.39, 0.29) is 76.0 Å². The average molecular weight is 1110 g/mol. The molecule has 10 aliphatic carbocycles. The Hall–Kier alpha value is -4.34. The molecule has 6 fully saturated rings. The number of aliphatic carboxylic acids is 1. The van der Waals surface area contributed by atoms with Gasteiger partial charge in [0, 0.05) is 33.3 Å². The van der Waals surface area contributed by atoms with Gasteiger partial charge in [-0.15, -0.1) is 0 Å². The number of hydrogen-bond donors (Lipinski definition) is 5. The summed E-state index contributed by atoms with van der Waals surface area (Å²) in [5, 5.41) is 26.2. The van der Waals surface area contributed by atoms with Crippen molar-refractivity contribution in [3.8, 4) is 0 Å². The minimum absolute atomic E-state index is 0. The van der Waals surface area contributed by atoms with E-state index in [9.17, 15) is 14.7 Å². The van der Waals surface area contributed by atoms with Gasteiger partial charge < -0.3 is 21.3 Å². The molecule has 0 saturated heterocycles. The molecule has 6 saturated carbocycles. The predicted octanol–water partition coefficient (Wildman–Crippen LogP) is 16.4. The standard InChI is InChI=1S/C38H53N3O2.C31H47N3O2.2CH4/c1-23-15-18-38(33(42)43-22-25-11-9-8-10-12-25)20-19-36(6)27(30(38)24(23)2)13-14-29-35(5)21-26-31(40-41-32(26)39)34(3,4)28(35)16-17-37(29,36)7;1-17-10-13-31(26(35)36)15-14-29(6)20(23(31)18(17)2)8-9-22-28(5)16-19-24(33-34-25(19)32)27(3,4)21(28)11-12-30(22,29)7;;/h8-13,23-24,28-30H,14-22H2,1-7H3,(H3,39,40,41);8,17-18,21-23H,9-16H2,1-7H3,(H,35,36)(H3,32,33,34);2*1H4/t23?,24?,28?,29?,30?,35-,36+,37+,38-;17?,18?,21?,22?,23?,28-,29+,30+,31-;;/m00../s1. The molecular formula is C71H108N6O4. The van der Waals surface area contributed by atoms with Crippen LogP contribution in [0.2, 0.25) is 0 Å². The molecule has 446 valence electrons. The molecule has 10 unspecified atom stereocenters. The summed E-state index contributed by atoms with van der Waals surface area (Å²) in [4.78, 5) is 27.2. The normalized spacial score (nSPS) is 44.5. The third-order valence-electron chi connectivity index (χ3n) is 28.5. The van der Waals surface area contributed by atoms with E-state index in [0.29, 0.717) is 65.6 Å². The van der Waals surface area contributed by atoms with Crippen LogP contribution >= 0.6 is 0 Å². The molecule has 0 spiro atoms. The van der Waals surface area contributed by atoms with Crippen molar-refractivity contribution in [3.05, 3.63) is 81.7 Å². The number of carboxylic acids is 1. The number of esters is 1. The second kappa shape index (κ2) is 19.3. The first-order valence-corrected chi connectivity index (χ1v) is 31.6. The van der Waals surface area contributed by atoms with Gasteiger partial charge in [-0.25, -0.2) is 0 Å². The highest BCUT2D eigenvalue weighted by Crippen LogP contribution is 2.78. The number of carbonyl (C=O) groups excluding carboxylic acids is 1. The van der Waals surface area contributed by atoms with Gasteiger partial charge in [0.05, 0.1) is 10.8 Å². The molecule has 10 nitrogen and oxygen atoms in total. The average Bonchev–Trinajstić information content (AvgIpc) is 3.59. The number of nitrogens with zero attached hydrogens (tertiary/aromatic N) is 2. The fourth-order valence-electron chi connectivity index (χ4n) is 23.5. The van der Waals surface area contributed by atoms with Crippen molar-refractivity contribution in [1.82, 2.24) is 20.4 Å². The van der Waals surface area contributed by atoms with E-state index in [1.807, 2.05) is 18.2 Å². The smallest absolute Gasteiger partial charge is 0.313 e. The minimum Gasteiger partial charge on any atom is -0.481 e. The summed E-state index contributed by atoms with van der Waals surface area (Å²) >= 11 is 0. The number of ether oxygens (including phenoxy) is 1. The third-order valence-corrected chi connectivity index (χ3v) is 28.5. The molecule has 0 amide bonds. The molecule has 0 aliphatic heterocycles. The first-order valence-electron chi connectivity index (χ1n) is 31.6. The number of nitrogens with two attached hydrogens (primary N) is 2. The van der Waals surface area contributed by atoms with Gasteiger partial charge >= 0.3 is 11.9 Å². The summed E-state index contributed by atoms with van der Waals surface area (Å²) in [7, 11) is 0. The summed E-state index contributed by atoms with van der Waals surface area (Å²) in [5.74, 6) is 5.58. The number of benzene rings is 1. The number of H-pyrrole nitrogens is 2. The summed E-state index contributed by atoms with van der Waals surface area (Å²) in [6.45, 7) is 35.0. The zero-order valence-corrected chi connectivity index (χ0v) is 51.1. The van der Waals surface area contributed by atoms with Crippen molar-refractivity contribution >= 4 is 23.6 Å². The molecule has 3 aromatic rings. The van der Waals surface area contributed by atoms with Gasteiger partial charge in [0.2, 0.25) is 0 Å². The van der Waals surface area contributed by atoms with Gasteiger partial charge in [-0.1, -0.05) is 165 Å². The summed E-state index contributed by atoms with van der Waals surface area (Å²) in [6.07, 6.45) is 22.0. The number of anilines is 2. The van der Waals surface area contributed by atoms with Crippen LogP contribution in [0.1, 0.15) is 230 Å². The van der Waals surface area contributed by atoms with Crippen LogP contribution in [0.25, 0.3) is 0 Å². The van der Waals surface area contributed by atoms with E-state index in [1.165, 1.54) is 53.8 Å². The van der Waals surface area contributed by atoms with E-state index in [1.54, 1.807) is 5.57 Å². The van der Waals surface area contributed by atoms with Gasteiger partial charge in [0.25, 0.3) is 0 Å². The first-order chi connectivity index (χ1) is 37.0. The van der Waals surface area contributed by atoms with Crippen molar-refractivity contribution in [1.29, 1.82) is 0 Å². The van der Waals surface area contributed by atoms with Crippen LogP contribution in [-0.4, -0.2) is 37.4 Å². The SMILES string of the molecule is C.C.CC1CC[C@]2(C(=O)O)CC[C@]3(C)C(=CCC4[C@@]5(C)Cc6c(N)n[nH]c6C(C)(C)C5CC[C@]43C)C2C1C.CC1CC[C@]2(C(=O)OCc3ccccc3)CC[C@]3(C)C(=CCC4[C@@]5(C)Cc6c(N)n[nH]c6C(C)(C)C5CC[C@]43C)C2C1C. The number of carboxylic acid groups (broad SMARTS) is 1. The van der Waals surface area contributed by atoms with E-state index in [0.717, 1.165) is 82.6 Å². The summed E-state index contributed by atoms with van der Waals surface area (Å²) in [5.41, 5.74) is 21.8. The highest BCUT2D eigenvalue weighted by molar-refractivity contribution is 5.79.